The van der Waals surface area contributed by atoms with Crippen LogP contribution in [0.1, 0.15) is 15.9 Å². The molecule has 0 spiro atoms. The quantitative estimate of drug-likeness (QED) is 0.471. The maximum Gasteiger partial charge on any atom is 0.340 e. The van der Waals surface area contributed by atoms with E-state index in [1.54, 1.807) is 30.3 Å². The van der Waals surface area contributed by atoms with Crippen LogP contribution in [0.15, 0.2) is 62.2 Å². The lowest BCUT2D eigenvalue weighted by Gasteiger charge is -2.11. The van der Waals surface area contributed by atoms with E-state index in [1.165, 1.54) is 18.2 Å². The van der Waals surface area contributed by atoms with Gasteiger partial charge in [-0.25, -0.2) is 18.0 Å². The summed E-state index contributed by atoms with van der Waals surface area (Å²) in [6.45, 7) is -0.171. The Morgan fingerprint density at radius 2 is 1.93 bits per heavy atom. The average Bonchev–Trinajstić information content (AvgIpc) is 2.58. The van der Waals surface area contributed by atoms with Gasteiger partial charge >= 0.3 is 11.6 Å². The number of para-hydroxylation sites is 1. The third kappa shape index (κ3) is 4.75. The second-order valence-corrected chi connectivity index (χ2v) is 8.39. The summed E-state index contributed by atoms with van der Waals surface area (Å²) in [7, 11) is -3.55. The van der Waals surface area contributed by atoms with E-state index >= 15 is 0 Å². The molecule has 7 nitrogen and oxygen atoms in total. The largest absolute Gasteiger partial charge is 0.457 e. The fourth-order valence-electron chi connectivity index (χ4n) is 2.49. The molecule has 0 aliphatic rings. The zero-order valence-corrected chi connectivity index (χ0v) is 16.5. The summed E-state index contributed by atoms with van der Waals surface area (Å²) in [4.78, 5) is 24.2. The summed E-state index contributed by atoms with van der Waals surface area (Å²) < 4.78 is 36.4. The van der Waals surface area contributed by atoms with Crippen molar-refractivity contribution in [2.24, 2.45) is 0 Å². The van der Waals surface area contributed by atoms with E-state index in [4.69, 9.17) is 9.15 Å². The number of fused-ring (bicyclic) bond motifs is 1. The van der Waals surface area contributed by atoms with Crippen LogP contribution in [0.5, 0.6) is 0 Å². The molecule has 0 aliphatic carbocycles. The number of carbonyl (C=O) groups is 1. The molecular weight excluding hydrogens is 438 g/mol. The molecule has 1 aromatic heterocycles. The van der Waals surface area contributed by atoms with E-state index < -0.39 is 21.6 Å². The van der Waals surface area contributed by atoms with Crippen molar-refractivity contribution in [1.82, 2.24) is 0 Å². The molecule has 1 heterocycles. The van der Waals surface area contributed by atoms with Gasteiger partial charge in [0.1, 0.15) is 12.2 Å². The van der Waals surface area contributed by atoms with Crippen molar-refractivity contribution in [2.45, 2.75) is 6.61 Å². The van der Waals surface area contributed by atoms with Gasteiger partial charge < -0.3 is 9.15 Å². The normalized spacial score (nSPS) is 11.3. The van der Waals surface area contributed by atoms with E-state index in [0.717, 1.165) is 10.7 Å². The molecule has 9 heteroatoms. The minimum absolute atomic E-state index is 0.0675. The lowest BCUT2D eigenvalue weighted by Crippen LogP contribution is -2.15. The SMILES string of the molecule is CS(=O)(=O)Nc1ccccc1C(=O)OCc1cc(=O)oc2cc(Br)ccc12. The fraction of sp³-hybridized carbons (Fsp3) is 0.111. The number of hydrogen-bond acceptors (Lipinski definition) is 6. The first-order valence-corrected chi connectivity index (χ1v) is 10.4. The summed E-state index contributed by atoms with van der Waals surface area (Å²) in [5.41, 5.74) is 0.466. The maximum absolute atomic E-state index is 12.4. The van der Waals surface area contributed by atoms with Crippen molar-refractivity contribution in [3.63, 3.8) is 0 Å². The Balaban J connectivity index is 1.87. The van der Waals surface area contributed by atoms with Gasteiger partial charge in [0.2, 0.25) is 10.0 Å². The second kappa shape index (κ2) is 7.53. The van der Waals surface area contributed by atoms with E-state index in [9.17, 15) is 18.0 Å². The van der Waals surface area contributed by atoms with E-state index in [1.807, 2.05) is 0 Å². The highest BCUT2D eigenvalue weighted by atomic mass is 79.9. The molecule has 3 aromatic rings. The number of halogens is 1. The number of anilines is 1. The fourth-order valence-corrected chi connectivity index (χ4v) is 3.41. The van der Waals surface area contributed by atoms with Crippen molar-refractivity contribution in [2.75, 3.05) is 11.0 Å². The number of sulfonamides is 1. The highest BCUT2D eigenvalue weighted by Crippen LogP contribution is 2.23. The van der Waals surface area contributed by atoms with Crippen LogP contribution < -0.4 is 10.3 Å². The van der Waals surface area contributed by atoms with Crippen LogP contribution >= 0.6 is 15.9 Å². The molecule has 140 valence electrons. The van der Waals surface area contributed by atoms with Gasteiger partial charge in [-0.2, -0.15) is 0 Å². The van der Waals surface area contributed by atoms with Crippen LogP contribution in [-0.4, -0.2) is 20.6 Å². The summed E-state index contributed by atoms with van der Waals surface area (Å²) >= 11 is 3.30. The number of hydrogen-bond donors (Lipinski definition) is 1. The smallest absolute Gasteiger partial charge is 0.340 e. The molecule has 0 atom stereocenters. The highest BCUT2D eigenvalue weighted by molar-refractivity contribution is 9.10. The van der Waals surface area contributed by atoms with Gasteiger partial charge in [0, 0.05) is 21.5 Å². The summed E-state index contributed by atoms with van der Waals surface area (Å²) in [6, 6.07) is 12.5. The minimum Gasteiger partial charge on any atom is -0.457 e. The lowest BCUT2D eigenvalue weighted by atomic mass is 10.1. The van der Waals surface area contributed by atoms with Crippen LogP contribution in [0.3, 0.4) is 0 Å². The number of ether oxygens (including phenoxy) is 1. The molecule has 3 rings (SSSR count). The molecule has 0 saturated heterocycles. The van der Waals surface area contributed by atoms with Gasteiger partial charge in [-0.05, 0) is 30.3 Å². The van der Waals surface area contributed by atoms with Crippen LogP contribution in [0.25, 0.3) is 11.0 Å². The molecule has 2 aromatic carbocycles. The third-order valence-corrected chi connectivity index (χ3v) is 4.68. The maximum atomic E-state index is 12.4. The van der Waals surface area contributed by atoms with E-state index in [2.05, 4.69) is 20.7 Å². The number of nitrogens with one attached hydrogen (secondary N) is 1. The first kappa shape index (κ1) is 19.1. The van der Waals surface area contributed by atoms with Gasteiger partial charge in [0.15, 0.2) is 0 Å². The molecule has 0 fully saturated rings. The predicted octanol–water partition coefficient (Wildman–Crippen LogP) is 3.28. The summed E-state index contributed by atoms with van der Waals surface area (Å²) in [6.07, 6.45) is 0.989. The average molecular weight is 452 g/mol. The Morgan fingerprint density at radius 1 is 1.19 bits per heavy atom. The number of carbonyl (C=O) groups excluding carboxylic acids is 1. The first-order valence-electron chi connectivity index (χ1n) is 7.69. The van der Waals surface area contributed by atoms with E-state index in [-0.39, 0.29) is 17.9 Å². The molecule has 27 heavy (non-hydrogen) atoms. The van der Waals surface area contributed by atoms with Gasteiger partial charge in [0.05, 0.1) is 17.5 Å². The molecule has 0 saturated carbocycles. The third-order valence-electron chi connectivity index (χ3n) is 3.59. The van der Waals surface area contributed by atoms with Crippen LogP contribution in [-0.2, 0) is 21.4 Å². The Bertz CT molecular complexity index is 1190. The highest BCUT2D eigenvalue weighted by Gasteiger charge is 2.16. The van der Waals surface area contributed by atoms with Gasteiger partial charge in [-0.15, -0.1) is 0 Å². The Labute approximate surface area is 163 Å². The van der Waals surface area contributed by atoms with Gasteiger partial charge in [0.25, 0.3) is 0 Å². The van der Waals surface area contributed by atoms with Crippen molar-refractivity contribution in [1.29, 1.82) is 0 Å². The Kier molecular flexibility index (Phi) is 5.33. The molecule has 0 bridgehead atoms. The van der Waals surface area contributed by atoms with Crippen LogP contribution in [0.4, 0.5) is 5.69 Å². The zero-order chi connectivity index (χ0) is 19.6. The Hall–Kier alpha value is -2.65. The monoisotopic (exact) mass is 451 g/mol. The minimum atomic E-state index is -3.55. The van der Waals surface area contributed by atoms with Crippen LogP contribution in [0.2, 0.25) is 0 Å². The standard InChI is InChI=1S/C18H14BrNO6S/c1-27(23,24)20-15-5-3-2-4-14(15)18(22)25-10-11-8-17(21)26-16-9-12(19)6-7-13(11)16/h2-9,20H,10H2,1H3. The van der Waals surface area contributed by atoms with Gasteiger partial charge in [-0.1, -0.05) is 28.1 Å². The number of rotatable bonds is 5. The molecule has 0 aliphatic heterocycles. The number of benzene rings is 2. The van der Waals surface area contributed by atoms with Crippen molar-refractivity contribution in [3.05, 3.63) is 74.6 Å². The van der Waals surface area contributed by atoms with Crippen molar-refractivity contribution < 1.29 is 22.4 Å². The molecule has 0 radical (unpaired) electrons. The van der Waals surface area contributed by atoms with Crippen molar-refractivity contribution in [3.8, 4) is 0 Å². The molecular formula is C18H14BrNO6S. The van der Waals surface area contributed by atoms with Gasteiger partial charge in [-0.3, -0.25) is 4.72 Å². The zero-order valence-electron chi connectivity index (χ0n) is 14.1. The predicted molar refractivity (Wildman–Crippen MR) is 104 cm³/mol. The van der Waals surface area contributed by atoms with Crippen LogP contribution in [0, 0.1) is 0 Å². The summed E-state index contributed by atoms with van der Waals surface area (Å²) in [5, 5.41) is 0.633. The molecule has 0 amide bonds. The second-order valence-electron chi connectivity index (χ2n) is 5.73. The molecule has 0 unspecified atom stereocenters. The van der Waals surface area contributed by atoms with Crippen molar-refractivity contribution >= 4 is 48.6 Å². The lowest BCUT2D eigenvalue weighted by molar-refractivity contribution is 0.0475. The van der Waals surface area contributed by atoms with E-state index in [0.29, 0.717) is 16.5 Å². The summed E-state index contributed by atoms with van der Waals surface area (Å²) in [5.74, 6) is -0.722. The Morgan fingerprint density at radius 3 is 2.67 bits per heavy atom. The molecule has 1 N–H and O–H groups in total. The first-order chi connectivity index (χ1) is 12.7. The number of esters is 1. The topological polar surface area (TPSA) is 103 Å².